The second-order valence-electron chi connectivity index (χ2n) is 6.09. The minimum atomic E-state index is 0.151. The SMILES string of the molecule is CC(=O)SCC1CC(=O)N(CCN2CCCCC2C)C1. The van der Waals surface area contributed by atoms with E-state index in [0.29, 0.717) is 18.4 Å². The molecule has 1 amide bonds. The maximum atomic E-state index is 12.0. The molecule has 0 spiro atoms. The topological polar surface area (TPSA) is 40.6 Å². The molecule has 2 heterocycles. The third kappa shape index (κ3) is 4.48. The van der Waals surface area contributed by atoms with Crippen molar-refractivity contribution < 1.29 is 9.59 Å². The molecule has 2 atom stereocenters. The Kier molecular flexibility index (Phi) is 5.90. The van der Waals surface area contributed by atoms with Gasteiger partial charge in [0.1, 0.15) is 0 Å². The fourth-order valence-electron chi connectivity index (χ4n) is 3.16. The van der Waals surface area contributed by atoms with E-state index in [-0.39, 0.29) is 11.0 Å². The van der Waals surface area contributed by atoms with Crippen LogP contribution in [-0.2, 0) is 9.59 Å². The van der Waals surface area contributed by atoms with Crippen molar-refractivity contribution in [3.05, 3.63) is 0 Å². The number of piperidine rings is 1. The zero-order chi connectivity index (χ0) is 14.5. The lowest BCUT2D eigenvalue weighted by Gasteiger charge is -2.34. The fraction of sp³-hybridized carbons (Fsp3) is 0.867. The van der Waals surface area contributed by atoms with Gasteiger partial charge < -0.3 is 4.90 Å². The van der Waals surface area contributed by atoms with E-state index in [4.69, 9.17) is 0 Å². The molecule has 0 aromatic carbocycles. The standard InChI is InChI=1S/C15H26N2O2S/c1-12-5-3-4-6-16(12)7-8-17-10-14(9-15(17)19)11-20-13(2)18/h12,14H,3-11H2,1-2H3. The van der Waals surface area contributed by atoms with Crippen LogP contribution in [-0.4, -0.2) is 58.8 Å². The molecule has 0 aromatic rings. The summed E-state index contributed by atoms with van der Waals surface area (Å²) in [5.74, 6) is 1.41. The molecule has 2 unspecified atom stereocenters. The Morgan fingerprint density at radius 3 is 2.85 bits per heavy atom. The largest absolute Gasteiger partial charge is 0.341 e. The van der Waals surface area contributed by atoms with Gasteiger partial charge in [-0.1, -0.05) is 18.2 Å². The van der Waals surface area contributed by atoms with Crippen molar-refractivity contribution in [1.29, 1.82) is 0 Å². The molecule has 2 rings (SSSR count). The van der Waals surface area contributed by atoms with E-state index >= 15 is 0 Å². The van der Waals surface area contributed by atoms with Crippen LogP contribution in [0.4, 0.5) is 0 Å². The number of likely N-dealkylation sites (tertiary alicyclic amines) is 2. The minimum absolute atomic E-state index is 0.151. The Morgan fingerprint density at radius 1 is 1.35 bits per heavy atom. The van der Waals surface area contributed by atoms with Gasteiger partial charge in [0.2, 0.25) is 5.91 Å². The van der Waals surface area contributed by atoms with Crippen LogP contribution >= 0.6 is 11.8 Å². The molecular weight excluding hydrogens is 272 g/mol. The van der Waals surface area contributed by atoms with E-state index in [1.807, 2.05) is 4.90 Å². The van der Waals surface area contributed by atoms with Gasteiger partial charge in [0.15, 0.2) is 5.12 Å². The lowest BCUT2D eigenvalue weighted by atomic mass is 10.0. The van der Waals surface area contributed by atoms with Crippen molar-refractivity contribution in [2.45, 2.75) is 45.6 Å². The van der Waals surface area contributed by atoms with Crippen LogP contribution in [0.2, 0.25) is 0 Å². The summed E-state index contributed by atoms with van der Waals surface area (Å²) in [6.45, 7) is 7.74. The average molecular weight is 298 g/mol. The van der Waals surface area contributed by atoms with E-state index in [1.165, 1.54) is 37.6 Å². The van der Waals surface area contributed by atoms with Crippen molar-refractivity contribution in [3.63, 3.8) is 0 Å². The van der Waals surface area contributed by atoms with Crippen LogP contribution < -0.4 is 0 Å². The summed E-state index contributed by atoms with van der Waals surface area (Å²) in [6, 6.07) is 0.658. The molecule has 0 aliphatic carbocycles. The molecule has 2 aliphatic heterocycles. The number of rotatable bonds is 5. The van der Waals surface area contributed by atoms with Crippen molar-refractivity contribution in [2.24, 2.45) is 5.92 Å². The van der Waals surface area contributed by atoms with E-state index in [1.54, 1.807) is 6.92 Å². The van der Waals surface area contributed by atoms with Crippen LogP contribution in [0, 0.1) is 5.92 Å². The van der Waals surface area contributed by atoms with E-state index in [0.717, 1.165) is 25.4 Å². The second kappa shape index (κ2) is 7.46. The summed E-state index contributed by atoms with van der Waals surface area (Å²) in [7, 11) is 0. The average Bonchev–Trinajstić information content (AvgIpc) is 2.76. The van der Waals surface area contributed by atoms with Crippen molar-refractivity contribution in [3.8, 4) is 0 Å². The van der Waals surface area contributed by atoms with Crippen molar-refractivity contribution >= 4 is 22.8 Å². The molecule has 0 saturated carbocycles. The van der Waals surface area contributed by atoms with Crippen LogP contribution in [0.3, 0.4) is 0 Å². The van der Waals surface area contributed by atoms with Crippen LogP contribution in [0.5, 0.6) is 0 Å². The second-order valence-corrected chi connectivity index (χ2v) is 7.29. The van der Waals surface area contributed by atoms with Crippen LogP contribution in [0.1, 0.15) is 39.5 Å². The highest BCUT2D eigenvalue weighted by Gasteiger charge is 2.30. The zero-order valence-electron chi connectivity index (χ0n) is 12.6. The molecule has 2 saturated heterocycles. The molecule has 0 bridgehead atoms. The number of hydrogen-bond acceptors (Lipinski definition) is 4. The van der Waals surface area contributed by atoms with Gasteiger partial charge in [-0.2, -0.15) is 0 Å². The van der Waals surface area contributed by atoms with E-state index < -0.39 is 0 Å². The zero-order valence-corrected chi connectivity index (χ0v) is 13.5. The predicted molar refractivity (Wildman–Crippen MR) is 82.7 cm³/mol. The number of hydrogen-bond donors (Lipinski definition) is 0. The Morgan fingerprint density at radius 2 is 2.15 bits per heavy atom. The first kappa shape index (κ1) is 15.8. The first-order valence-corrected chi connectivity index (χ1v) is 8.70. The van der Waals surface area contributed by atoms with E-state index in [9.17, 15) is 9.59 Å². The molecule has 2 fully saturated rings. The van der Waals surface area contributed by atoms with Gasteiger partial charge in [0, 0.05) is 44.8 Å². The third-order valence-corrected chi connectivity index (χ3v) is 5.46. The number of carbonyl (C=O) groups excluding carboxylic acids is 2. The smallest absolute Gasteiger partial charge is 0.222 e. The maximum Gasteiger partial charge on any atom is 0.222 e. The van der Waals surface area contributed by atoms with Gasteiger partial charge >= 0.3 is 0 Å². The predicted octanol–water partition coefficient (Wildman–Crippen LogP) is 1.99. The highest BCUT2D eigenvalue weighted by atomic mass is 32.2. The lowest BCUT2D eigenvalue weighted by Crippen LogP contribution is -2.42. The first-order valence-electron chi connectivity index (χ1n) is 7.71. The summed E-state index contributed by atoms with van der Waals surface area (Å²) in [5.41, 5.74) is 0. The fourth-order valence-corrected chi connectivity index (χ4v) is 3.85. The van der Waals surface area contributed by atoms with Gasteiger partial charge in [-0.05, 0) is 32.2 Å². The van der Waals surface area contributed by atoms with Gasteiger partial charge in [-0.25, -0.2) is 0 Å². The molecular formula is C15H26N2O2S. The molecule has 0 radical (unpaired) electrons. The Hall–Kier alpha value is -0.550. The number of amides is 1. The van der Waals surface area contributed by atoms with E-state index in [2.05, 4.69) is 11.8 Å². The molecule has 114 valence electrons. The quantitative estimate of drug-likeness (QED) is 0.778. The van der Waals surface area contributed by atoms with Gasteiger partial charge in [-0.15, -0.1) is 0 Å². The Balaban J connectivity index is 1.73. The van der Waals surface area contributed by atoms with Crippen LogP contribution in [0.25, 0.3) is 0 Å². The Bertz CT molecular complexity index is 362. The normalized spacial score (nSPS) is 28.1. The molecule has 5 heteroatoms. The molecule has 0 N–H and O–H groups in total. The first-order chi connectivity index (χ1) is 9.56. The molecule has 4 nitrogen and oxygen atoms in total. The summed E-state index contributed by atoms with van der Waals surface area (Å²) < 4.78 is 0. The minimum Gasteiger partial charge on any atom is -0.341 e. The number of nitrogens with zero attached hydrogens (tertiary/aromatic N) is 2. The van der Waals surface area contributed by atoms with Crippen molar-refractivity contribution in [2.75, 3.05) is 31.9 Å². The highest BCUT2D eigenvalue weighted by Crippen LogP contribution is 2.23. The maximum absolute atomic E-state index is 12.0. The number of carbonyl (C=O) groups is 2. The monoisotopic (exact) mass is 298 g/mol. The summed E-state index contributed by atoms with van der Waals surface area (Å²) in [6.07, 6.45) is 4.53. The lowest BCUT2D eigenvalue weighted by molar-refractivity contribution is -0.128. The summed E-state index contributed by atoms with van der Waals surface area (Å²) in [4.78, 5) is 27.5. The van der Waals surface area contributed by atoms with Crippen LogP contribution in [0.15, 0.2) is 0 Å². The highest BCUT2D eigenvalue weighted by molar-refractivity contribution is 8.13. The summed E-state index contributed by atoms with van der Waals surface area (Å²) >= 11 is 1.35. The summed E-state index contributed by atoms with van der Waals surface area (Å²) in [5, 5.41) is 0.151. The van der Waals surface area contributed by atoms with Gasteiger partial charge in [0.25, 0.3) is 0 Å². The molecule has 20 heavy (non-hydrogen) atoms. The molecule has 0 aromatic heterocycles. The Labute approximate surface area is 126 Å². The number of thioether (sulfide) groups is 1. The van der Waals surface area contributed by atoms with Crippen molar-refractivity contribution in [1.82, 2.24) is 9.80 Å². The molecule has 2 aliphatic rings. The van der Waals surface area contributed by atoms with Gasteiger partial charge in [-0.3, -0.25) is 14.5 Å². The van der Waals surface area contributed by atoms with Gasteiger partial charge in [0.05, 0.1) is 0 Å². The third-order valence-electron chi connectivity index (χ3n) is 4.41.